The normalized spacial score (nSPS) is 8.69. The molecule has 0 unspecified atom stereocenters. The SMILES string of the molecule is O=C([O-])[O-].O=C([O-])[O-].[Fe+2].c1ccc([I+]c2ccccc2)cc1.c1ccc([I+]c2ccccc2)cc1. The minimum atomic E-state index is -2.33. The van der Waals surface area contributed by atoms with Crippen molar-refractivity contribution in [3.05, 3.63) is 136 Å². The van der Waals surface area contributed by atoms with Gasteiger partial charge in [-0.25, -0.2) is 0 Å². The first kappa shape index (κ1) is 32.4. The molecule has 0 aliphatic rings. The fraction of sp³-hybridized carbons (Fsp3) is 0. The van der Waals surface area contributed by atoms with Crippen molar-refractivity contribution in [2.45, 2.75) is 0 Å². The maximum Gasteiger partial charge on any atom is 2.00 e. The number of hydrogen-bond acceptors (Lipinski definition) is 6. The Labute approximate surface area is 235 Å². The molecule has 0 N–H and O–H groups in total. The molecule has 0 saturated carbocycles. The number of halogens is 2. The van der Waals surface area contributed by atoms with Gasteiger partial charge in [-0.15, -0.1) is 0 Å². The third-order valence-electron chi connectivity index (χ3n) is 3.37. The number of hydrogen-bond donors (Lipinski definition) is 0. The predicted molar refractivity (Wildman–Crippen MR) is 111 cm³/mol. The van der Waals surface area contributed by atoms with Crippen LogP contribution in [-0.2, 0) is 17.1 Å². The molecule has 35 heavy (non-hydrogen) atoms. The molecule has 0 fully saturated rings. The minimum absolute atomic E-state index is 0. The van der Waals surface area contributed by atoms with Gasteiger partial charge in [0, 0.05) is 0 Å². The molecule has 0 amide bonds. The first-order valence-corrected chi connectivity index (χ1v) is 13.9. The number of carboxylic acid groups (broad SMARTS) is 4. The van der Waals surface area contributed by atoms with Crippen LogP contribution in [0.4, 0.5) is 9.59 Å². The van der Waals surface area contributed by atoms with Crippen molar-refractivity contribution in [3.8, 4) is 0 Å². The number of carbonyl (C=O) groups is 2. The fourth-order valence-corrected chi connectivity index (χ4v) is 6.70. The average molecular weight is 738 g/mol. The van der Waals surface area contributed by atoms with Gasteiger partial charge in [0.2, 0.25) is 0 Å². The molecule has 182 valence electrons. The summed E-state index contributed by atoms with van der Waals surface area (Å²) in [6, 6.07) is 42.8. The topological polar surface area (TPSA) is 126 Å². The second kappa shape index (κ2) is 20.7. The summed E-state index contributed by atoms with van der Waals surface area (Å²) in [5.74, 6) is 0. The monoisotopic (exact) mass is 738 g/mol. The summed E-state index contributed by atoms with van der Waals surface area (Å²) >= 11 is 0.0574. The van der Waals surface area contributed by atoms with Gasteiger partial charge in [-0.1, -0.05) is 72.8 Å². The molecule has 0 aliphatic heterocycles. The van der Waals surface area contributed by atoms with E-state index in [0.29, 0.717) is 0 Å². The smallest absolute Gasteiger partial charge is 0.652 e. The van der Waals surface area contributed by atoms with Crippen LogP contribution >= 0.6 is 0 Å². The second-order valence-electron chi connectivity index (χ2n) is 5.87. The molecule has 0 aromatic heterocycles. The standard InChI is InChI=1S/2C12H10I.2CH2O3.Fe/c2*1-3-7-11(8-4-1)13-12-9-5-2-6-10-12;2*2-1(3)4;/h2*1-10H;2*(H2,2,3,4);/q2*+1;;;+2/p-4. The zero-order chi connectivity index (χ0) is 25.0. The molecule has 0 spiro atoms. The van der Waals surface area contributed by atoms with Gasteiger partial charge in [-0.05, 0) is 60.8 Å². The van der Waals surface area contributed by atoms with Crippen molar-refractivity contribution in [1.29, 1.82) is 0 Å². The van der Waals surface area contributed by atoms with Crippen molar-refractivity contribution in [3.63, 3.8) is 0 Å². The van der Waals surface area contributed by atoms with E-state index < -0.39 is 12.3 Å². The van der Waals surface area contributed by atoms with Crippen LogP contribution in [0.1, 0.15) is 0 Å². The Morgan fingerprint density at radius 3 is 0.686 bits per heavy atom. The van der Waals surface area contributed by atoms with E-state index >= 15 is 0 Å². The van der Waals surface area contributed by atoms with Crippen LogP contribution in [0.5, 0.6) is 0 Å². The summed E-state index contributed by atoms with van der Waals surface area (Å²) < 4.78 is 5.92. The molecule has 0 heterocycles. The zero-order valence-corrected chi connectivity index (χ0v) is 23.5. The van der Waals surface area contributed by atoms with Gasteiger partial charge >= 0.3 is 59.5 Å². The van der Waals surface area contributed by atoms with Crippen molar-refractivity contribution in [1.82, 2.24) is 0 Å². The summed E-state index contributed by atoms with van der Waals surface area (Å²) in [7, 11) is 0. The molecule has 0 saturated heterocycles. The summed E-state index contributed by atoms with van der Waals surface area (Å²) in [4.78, 5) is 16.7. The molecule has 4 aromatic carbocycles. The molecule has 6 nitrogen and oxygen atoms in total. The Bertz CT molecular complexity index is 898. The first-order chi connectivity index (χ1) is 16.4. The van der Waals surface area contributed by atoms with E-state index in [1.165, 1.54) is 14.3 Å². The predicted octanol–water partition coefficient (Wildman–Crippen LogP) is -5.27. The summed E-state index contributed by atoms with van der Waals surface area (Å²) in [5.41, 5.74) is 0. The molecule has 0 aliphatic carbocycles. The van der Waals surface area contributed by atoms with Crippen LogP contribution in [0.2, 0.25) is 0 Å². The number of rotatable bonds is 4. The third kappa shape index (κ3) is 19.4. The van der Waals surface area contributed by atoms with E-state index in [1.807, 2.05) is 0 Å². The summed E-state index contributed by atoms with van der Waals surface area (Å²) in [5, 5.41) is 33.3. The minimum Gasteiger partial charge on any atom is -0.652 e. The van der Waals surface area contributed by atoms with Crippen LogP contribution in [0.15, 0.2) is 121 Å². The first-order valence-electron chi connectivity index (χ1n) is 9.62. The van der Waals surface area contributed by atoms with Crippen LogP contribution in [-0.4, -0.2) is 12.3 Å². The van der Waals surface area contributed by atoms with Crippen LogP contribution < -0.4 is 62.8 Å². The van der Waals surface area contributed by atoms with Gasteiger partial charge in [-0.3, -0.25) is 0 Å². The summed E-state index contributed by atoms with van der Waals surface area (Å²) in [6.07, 6.45) is -4.67. The van der Waals surface area contributed by atoms with Crippen molar-refractivity contribution in [2.75, 3.05) is 0 Å². The Morgan fingerprint density at radius 1 is 0.400 bits per heavy atom. The van der Waals surface area contributed by atoms with Gasteiger partial charge in [0.1, 0.15) is 0 Å². The van der Waals surface area contributed by atoms with E-state index in [1.54, 1.807) is 0 Å². The number of benzene rings is 4. The van der Waals surface area contributed by atoms with Gasteiger partial charge in [-0.2, -0.15) is 0 Å². The van der Waals surface area contributed by atoms with Gasteiger partial charge in [0.15, 0.2) is 14.3 Å². The van der Waals surface area contributed by atoms with E-state index in [9.17, 15) is 0 Å². The molecule has 0 atom stereocenters. The van der Waals surface area contributed by atoms with Crippen molar-refractivity contribution >= 4 is 12.3 Å². The second-order valence-corrected chi connectivity index (χ2v) is 11.9. The van der Waals surface area contributed by atoms with Crippen molar-refractivity contribution in [2.24, 2.45) is 0 Å². The molecule has 0 radical (unpaired) electrons. The maximum absolute atomic E-state index is 8.33. The van der Waals surface area contributed by atoms with Crippen LogP contribution in [0, 0.1) is 14.3 Å². The molecule has 4 aromatic rings. The van der Waals surface area contributed by atoms with Crippen molar-refractivity contribution < 1.29 is 89.5 Å². The van der Waals surface area contributed by atoms with Crippen LogP contribution in [0.3, 0.4) is 0 Å². The Morgan fingerprint density at radius 2 is 0.543 bits per heavy atom. The average Bonchev–Trinajstić information content (AvgIpc) is 2.82. The van der Waals surface area contributed by atoms with E-state index in [4.69, 9.17) is 30.0 Å². The molecule has 4 rings (SSSR count). The number of carbonyl (C=O) groups excluding carboxylic acids is 2. The molecule has 9 heteroatoms. The quantitative estimate of drug-likeness (QED) is 0.152. The maximum atomic E-state index is 8.33. The van der Waals surface area contributed by atoms with E-state index in [0.717, 1.165) is 0 Å². The zero-order valence-electron chi connectivity index (χ0n) is 18.1. The largest absolute Gasteiger partial charge is 2.00 e. The Kier molecular flexibility index (Phi) is 19.2. The molecular weight excluding hydrogens is 718 g/mol. The molecular formula is C26H20FeI2O6. The Hall–Kier alpha value is -2.60. The van der Waals surface area contributed by atoms with E-state index in [-0.39, 0.29) is 59.5 Å². The molecule has 0 bridgehead atoms. The summed E-state index contributed by atoms with van der Waals surface area (Å²) in [6.45, 7) is 0. The third-order valence-corrected chi connectivity index (χ3v) is 8.74. The van der Waals surface area contributed by atoms with Gasteiger partial charge in [0.25, 0.3) is 0 Å². The Balaban J connectivity index is 0.000000499. The fourth-order valence-electron chi connectivity index (χ4n) is 2.16. The van der Waals surface area contributed by atoms with Gasteiger partial charge < -0.3 is 30.0 Å². The van der Waals surface area contributed by atoms with Gasteiger partial charge in [0.05, 0.1) is 0 Å². The van der Waals surface area contributed by atoms with Crippen LogP contribution in [0.25, 0.3) is 0 Å². The van der Waals surface area contributed by atoms with E-state index in [2.05, 4.69) is 121 Å².